The van der Waals surface area contributed by atoms with Gasteiger partial charge in [0.1, 0.15) is 17.5 Å². The van der Waals surface area contributed by atoms with Crippen molar-refractivity contribution in [3.05, 3.63) is 59.4 Å². The summed E-state index contributed by atoms with van der Waals surface area (Å²) in [5.74, 6) is -1.04. The number of halogens is 2. The van der Waals surface area contributed by atoms with Gasteiger partial charge in [-0.05, 0) is 18.2 Å². The first-order chi connectivity index (χ1) is 15.3. The number of aromatic nitrogens is 5. The summed E-state index contributed by atoms with van der Waals surface area (Å²) < 4.78 is 15.0. The number of carbonyl (C=O) groups excluding carboxylic acids is 2. The Hall–Kier alpha value is -4.32. The van der Waals surface area contributed by atoms with Crippen LogP contribution in [0.5, 0.6) is 0 Å². The van der Waals surface area contributed by atoms with E-state index in [0.29, 0.717) is 16.5 Å². The van der Waals surface area contributed by atoms with Crippen molar-refractivity contribution < 1.29 is 14.0 Å². The third-order valence-corrected chi connectivity index (χ3v) is 4.31. The number of anilines is 5. The van der Waals surface area contributed by atoms with Crippen LogP contribution >= 0.6 is 11.6 Å². The lowest BCUT2D eigenvalue weighted by atomic mass is 10.3. The molecule has 0 radical (unpaired) electrons. The molecule has 13 heteroatoms. The maximum atomic E-state index is 13.8. The molecule has 2 amide bonds. The topological polar surface area (TPSA) is 152 Å². The first-order valence-corrected chi connectivity index (χ1v) is 9.45. The van der Waals surface area contributed by atoms with Gasteiger partial charge in [0.05, 0.1) is 23.8 Å². The van der Waals surface area contributed by atoms with Crippen molar-refractivity contribution in [2.75, 3.05) is 21.7 Å². The van der Waals surface area contributed by atoms with Crippen molar-refractivity contribution in [3.8, 4) is 0 Å². The van der Waals surface area contributed by atoms with Crippen LogP contribution in [0.25, 0.3) is 5.65 Å². The van der Waals surface area contributed by atoms with E-state index in [-0.39, 0.29) is 34.6 Å². The monoisotopic (exact) mass is 455 g/mol. The van der Waals surface area contributed by atoms with Crippen LogP contribution in [0.2, 0.25) is 5.02 Å². The van der Waals surface area contributed by atoms with Crippen LogP contribution in [0.4, 0.5) is 33.2 Å². The first kappa shape index (κ1) is 20.9. The van der Waals surface area contributed by atoms with Crippen molar-refractivity contribution in [2.45, 2.75) is 6.92 Å². The summed E-state index contributed by atoms with van der Waals surface area (Å²) in [5.41, 5.74) is 6.50. The van der Waals surface area contributed by atoms with Gasteiger partial charge in [-0.15, -0.1) is 5.10 Å². The fourth-order valence-electron chi connectivity index (χ4n) is 2.84. The lowest BCUT2D eigenvalue weighted by Gasteiger charge is -2.11. The minimum atomic E-state index is -0.688. The molecule has 0 saturated heterocycles. The maximum absolute atomic E-state index is 13.8. The third kappa shape index (κ3) is 4.39. The smallest absolute Gasteiger partial charge is 0.276 e. The zero-order chi connectivity index (χ0) is 22.8. The van der Waals surface area contributed by atoms with Crippen LogP contribution in [-0.4, -0.2) is 36.4 Å². The highest BCUT2D eigenvalue weighted by Gasteiger charge is 2.18. The predicted octanol–water partition coefficient (Wildman–Crippen LogP) is 2.85. The van der Waals surface area contributed by atoms with E-state index in [0.717, 1.165) is 6.20 Å². The molecular weight excluding hydrogens is 441 g/mol. The molecular formula is C19H15ClFN9O2. The largest absolute Gasteiger partial charge is 0.382 e. The zero-order valence-corrected chi connectivity index (χ0v) is 17.2. The molecule has 4 heterocycles. The van der Waals surface area contributed by atoms with E-state index in [1.54, 1.807) is 0 Å². The van der Waals surface area contributed by atoms with Crippen molar-refractivity contribution in [1.29, 1.82) is 0 Å². The lowest BCUT2D eigenvalue weighted by molar-refractivity contribution is -0.114. The van der Waals surface area contributed by atoms with E-state index >= 15 is 0 Å². The molecule has 0 aliphatic rings. The molecule has 0 saturated carbocycles. The van der Waals surface area contributed by atoms with Gasteiger partial charge < -0.3 is 21.7 Å². The van der Waals surface area contributed by atoms with Crippen LogP contribution < -0.4 is 21.7 Å². The number of nitrogens with one attached hydrogen (secondary N) is 3. The summed E-state index contributed by atoms with van der Waals surface area (Å²) in [4.78, 5) is 36.1. The summed E-state index contributed by atoms with van der Waals surface area (Å²) in [6.07, 6.45) is 3.60. The number of pyridine rings is 2. The van der Waals surface area contributed by atoms with Crippen LogP contribution in [-0.2, 0) is 4.79 Å². The molecule has 5 N–H and O–H groups in total. The third-order valence-electron chi connectivity index (χ3n) is 4.10. The molecule has 0 aromatic carbocycles. The molecule has 0 atom stereocenters. The van der Waals surface area contributed by atoms with Crippen molar-refractivity contribution in [3.63, 3.8) is 0 Å². The zero-order valence-electron chi connectivity index (χ0n) is 16.4. The van der Waals surface area contributed by atoms with E-state index in [1.165, 1.54) is 48.1 Å². The number of nitrogen functional groups attached to an aromatic ring is 1. The highest BCUT2D eigenvalue weighted by molar-refractivity contribution is 6.31. The van der Waals surface area contributed by atoms with Crippen LogP contribution in [0, 0.1) is 5.82 Å². The van der Waals surface area contributed by atoms with E-state index < -0.39 is 11.7 Å². The SMILES string of the molecule is CC(=O)Nc1cc(Cl)cc(Nc2cc(N)nn3c(C(=O)Nc4ccncc4F)cnc23)n1. The van der Waals surface area contributed by atoms with Gasteiger partial charge >= 0.3 is 0 Å². The molecule has 11 nitrogen and oxygen atoms in total. The molecule has 0 unspecified atom stereocenters. The van der Waals surface area contributed by atoms with Gasteiger partial charge in [-0.25, -0.2) is 18.9 Å². The molecule has 0 fully saturated rings. The fraction of sp³-hybridized carbons (Fsp3) is 0.0526. The highest BCUT2D eigenvalue weighted by atomic mass is 35.5. The predicted molar refractivity (Wildman–Crippen MR) is 116 cm³/mol. The quantitative estimate of drug-likeness (QED) is 0.358. The summed E-state index contributed by atoms with van der Waals surface area (Å²) in [6.45, 7) is 1.34. The number of hydrogen-bond donors (Lipinski definition) is 4. The fourth-order valence-corrected chi connectivity index (χ4v) is 3.05. The van der Waals surface area contributed by atoms with E-state index in [1.807, 2.05) is 0 Å². The molecule has 162 valence electrons. The van der Waals surface area contributed by atoms with Gasteiger partial charge in [0.25, 0.3) is 5.91 Å². The molecule has 0 spiro atoms. The summed E-state index contributed by atoms with van der Waals surface area (Å²) in [7, 11) is 0. The van der Waals surface area contributed by atoms with Gasteiger partial charge in [-0.3, -0.25) is 14.6 Å². The Morgan fingerprint density at radius 2 is 1.91 bits per heavy atom. The van der Waals surface area contributed by atoms with Crippen LogP contribution in [0.3, 0.4) is 0 Å². The number of rotatable bonds is 5. The summed E-state index contributed by atoms with van der Waals surface area (Å²) >= 11 is 6.11. The Morgan fingerprint density at radius 1 is 1.12 bits per heavy atom. The van der Waals surface area contributed by atoms with Gasteiger partial charge in [0.15, 0.2) is 17.2 Å². The van der Waals surface area contributed by atoms with Gasteiger partial charge in [0.2, 0.25) is 5.91 Å². The minimum Gasteiger partial charge on any atom is -0.382 e. The number of carbonyl (C=O) groups is 2. The van der Waals surface area contributed by atoms with Crippen LogP contribution in [0.15, 0.2) is 42.9 Å². The summed E-state index contributed by atoms with van der Waals surface area (Å²) in [6, 6.07) is 5.83. The van der Waals surface area contributed by atoms with Crippen molar-refractivity contribution in [1.82, 2.24) is 24.6 Å². The minimum absolute atomic E-state index is 0.0181. The van der Waals surface area contributed by atoms with E-state index in [2.05, 4.69) is 36.0 Å². The second-order valence-electron chi connectivity index (χ2n) is 6.53. The maximum Gasteiger partial charge on any atom is 0.276 e. The molecule has 4 aromatic rings. The number of nitrogens with zero attached hydrogens (tertiary/aromatic N) is 5. The average Bonchev–Trinajstić information content (AvgIpc) is 3.13. The Morgan fingerprint density at radius 3 is 2.66 bits per heavy atom. The molecule has 4 rings (SSSR count). The van der Waals surface area contributed by atoms with Crippen LogP contribution in [0.1, 0.15) is 17.4 Å². The number of imidazole rings is 1. The average molecular weight is 456 g/mol. The molecule has 0 aliphatic carbocycles. The van der Waals surface area contributed by atoms with Gasteiger partial charge in [-0.2, -0.15) is 0 Å². The van der Waals surface area contributed by atoms with Gasteiger partial charge in [-0.1, -0.05) is 11.6 Å². The Labute approximate surface area is 184 Å². The summed E-state index contributed by atoms with van der Waals surface area (Å²) in [5, 5.41) is 12.4. The second kappa shape index (κ2) is 8.43. The first-order valence-electron chi connectivity index (χ1n) is 9.07. The number of hydrogen-bond acceptors (Lipinski definition) is 8. The Kier molecular flexibility index (Phi) is 5.52. The lowest BCUT2D eigenvalue weighted by Crippen LogP contribution is -2.17. The second-order valence-corrected chi connectivity index (χ2v) is 6.97. The molecule has 0 aliphatic heterocycles. The van der Waals surface area contributed by atoms with E-state index in [4.69, 9.17) is 17.3 Å². The number of nitrogens with two attached hydrogens (primary N) is 1. The Bertz CT molecular complexity index is 1360. The number of amides is 2. The molecule has 0 bridgehead atoms. The highest BCUT2D eigenvalue weighted by Crippen LogP contribution is 2.26. The normalized spacial score (nSPS) is 10.7. The van der Waals surface area contributed by atoms with Crippen molar-refractivity contribution >= 4 is 57.9 Å². The Balaban J connectivity index is 1.68. The number of fused-ring (bicyclic) bond motifs is 1. The van der Waals surface area contributed by atoms with Crippen molar-refractivity contribution in [2.24, 2.45) is 0 Å². The molecule has 32 heavy (non-hydrogen) atoms. The van der Waals surface area contributed by atoms with E-state index in [9.17, 15) is 14.0 Å². The van der Waals surface area contributed by atoms with Gasteiger partial charge in [0, 0.05) is 24.2 Å². The molecule has 4 aromatic heterocycles. The standard InChI is InChI=1S/C19H15ClFN9O2/c1-9(31)25-16-4-10(20)5-17(28-16)26-13-6-15(22)29-30-14(8-24-18(13)30)19(32)27-12-2-3-23-7-11(12)21/h2-8H,1H3,(H2,22,29)(H,23,27,32)(H2,25,26,28,31).